The van der Waals surface area contributed by atoms with Gasteiger partial charge in [0.15, 0.2) is 0 Å². The maximum Gasteiger partial charge on any atom is 0.0299 e. The molecule has 2 heteroatoms. The molecule has 1 aromatic rings. The number of unbranched alkanes of at least 4 members (excludes halogenated alkanes) is 2. The highest BCUT2D eigenvalue weighted by atomic mass is 79.9. The molecule has 0 aliphatic carbocycles. The van der Waals surface area contributed by atoms with Crippen molar-refractivity contribution in [1.82, 2.24) is 4.98 Å². The van der Waals surface area contributed by atoms with Crippen LogP contribution in [0.15, 0.2) is 24.5 Å². The summed E-state index contributed by atoms with van der Waals surface area (Å²) in [7, 11) is 0. The summed E-state index contributed by atoms with van der Waals surface area (Å²) < 4.78 is 0. The van der Waals surface area contributed by atoms with Crippen LogP contribution in [0.1, 0.15) is 24.8 Å². The second-order valence-electron chi connectivity index (χ2n) is 2.86. The number of aromatic nitrogens is 1. The van der Waals surface area contributed by atoms with Crippen LogP contribution in [0.5, 0.6) is 0 Å². The largest absolute Gasteiger partial charge is 0.264 e. The van der Waals surface area contributed by atoms with Gasteiger partial charge in [0.1, 0.15) is 0 Å². The summed E-state index contributed by atoms with van der Waals surface area (Å²) >= 11 is 3.42. The van der Waals surface area contributed by atoms with E-state index in [9.17, 15) is 0 Å². The minimum Gasteiger partial charge on any atom is -0.264 e. The SMILES string of the molecule is BrCCCCCc1cccnc1. The summed E-state index contributed by atoms with van der Waals surface area (Å²) in [5, 5.41) is 1.13. The van der Waals surface area contributed by atoms with E-state index < -0.39 is 0 Å². The molecule has 0 atom stereocenters. The summed E-state index contributed by atoms with van der Waals surface area (Å²) in [4.78, 5) is 4.07. The molecule has 0 saturated heterocycles. The highest BCUT2D eigenvalue weighted by Gasteiger charge is 1.91. The average Bonchev–Trinajstić information content (AvgIpc) is 2.14. The number of hydrogen-bond acceptors (Lipinski definition) is 1. The van der Waals surface area contributed by atoms with Gasteiger partial charge in [0, 0.05) is 17.7 Å². The third-order valence-corrected chi connectivity index (χ3v) is 2.38. The summed E-state index contributed by atoms with van der Waals surface area (Å²) in [6.45, 7) is 0. The van der Waals surface area contributed by atoms with Crippen molar-refractivity contribution < 1.29 is 0 Å². The molecule has 0 unspecified atom stereocenters. The van der Waals surface area contributed by atoms with Crippen LogP contribution in [0.4, 0.5) is 0 Å². The first-order valence-electron chi connectivity index (χ1n) is 4.38. The maximum absolute atomic E-state index is 4.07. The van der Waals surface area contributed by atoms with Crippen molar-refractivity contribution in [1.29, 1.82) is 0 Å². The molecule has 1 nitrogen and oxygen atoms in total. The van der Waals surface area contributed by atoms with Crippen LogP contribution in [-0.2, 0) is 6.42 Å². The van der Waals surface area contributed by atoms with Gasteiger partial charge in [0.25, 0.3) is 0 Å². The fourth-order valence-corrected chi connectivity index (χ4v) is 1.54. The van der Waals surface area contributed by atoms with Crippen LogP contribution in [-0.4, -0.2) is 10.3 Å². The molecule has 1 aromatic heterocycles. The van der Waals surface area contributed by atoms with Crippen molar-refractivity contribution in [2.45, 2.75) is 25.7 Å². The van der Waals surface area contributed by atoms with Crippen LogP contribution < -0.4 is 0 Å². The quantitative estimate of drug-likeness (QED) is 0.557. The summed E-state index contributed by atoms with van der Waals surface area (Å²) in [5.41, 5.74) is 1.35. The van der Waals surface area contributed by atoms with E-state index >= 15 is 0 Å². The van der Waals surface area contributed by atoms with E-state index in [1.165, 1.54) is 31.2 Å². The Hall–Kier alpha value is -0.370. The van der Waals surface area contributed by atoms with Crippen LogP contribution in [0.3, 0.4) is 0 Å². The number of nitrogens with zero attached hydrogens (tertiary/aromatic N) is 1. The van der Waals surface area contributed by atoms with Gasteiger partial charge in [-0.05, 0) is 30.9 Å². The van der Waals surface area contributed by atoms with Gasteiger partial charge in [-0.2, -0.15) is 0 Å². The van der Waals surface area contributed by atoms with Crippen LogP contribution in [0.2, 0.25) is 0 Å². The number of halogens is 1. The molecule has 66 valence electrons. The number of rotatable bonds is 5. The van der Waals surface area contributed by atoms with Gasteiger partial charge in [-0.25, -0.2) is 0 Å². The molecule has 0 spiro atoms. The Bertz CT molecular complexity index is 198. The normalized spacial score (nSPS) is 10.1. The van der Waals surface area contributed by atoms with E-state index in [1.807, 2.05) is 18.5 Å². The molecule has 0 fully saturated rings. The molecule has 12 heavy (non-hydrogen) atoms. The number of alkyl halides is 1. The first-order chi connectivity index (χ1) is 5.93. The van der Waals surface area contributed by atoms with Crippen LogP contribution >= 0.6 is 15.9 Å². The number of aryl methyl sites for hydroxylation is 1. The Morgan fingerprint density at radius 3 is 2.83 bits per heavy atom. The summed E-state index contributed by atoms with van der Waals surface area (Å²) in [6.07, 6.45) is 8.80. The molecule has 0 aromatic carbocycles. The highest BCUT2D eigenvalue weighted by Crippen LogP contribution is 2.05. The minimum absolute atomic E-state index is 1.13. The van der Waals surface area contributed by atoms with E-state index in [0.717, 1.165) is 5.33 Å². The molecular formula is C10H14BrN. The fourth-order valence-electron chi connectivity index (χ4n) is 1.15. The van der Waals surface area contributed by atoms with E-state index in [2.05, 4.69) is 27.0 Å². The standard InChI is InChI=1S/C10H14BrN/c11-7-3-1-2-5-10-6-4-8-12-9-10/h4,6,8-9H,1-3,5,7H2. The Balaban J connectivity index is 2.16. The van der Waals surface area contributed by atoms with Crippen molar-refractivity contribution in [3.8, 4) is 0 Å². The molecule has 0 radical (unpaired) electrons. The van der Waals surface area contributed by atoms with Gasteiger partial charge in [-0.3, -0.25) is 4.98 Å². The Kier molecular flexibility index (Phi) is 5.00. The summed E-state index contributed by atoms with van der Waals surface area (Å²) in [5.74, 6) is 0. The second-order valence-corrected chi connectivity index (χ2v) is 3.65. The molecule has 1 heterocycles. The van der Waals surface area contributed by atoms with Gasteiger partial charge in [-0.1, -0.05) is 28.4 Å². The van der Waals surface area contributed by atoms with Gasteiger partial charge >= 0.3 is 0 Å². The van der Waals surface area contributed by atoms with Crippen LogP contribution in [0.25, 0.3) is 0 Å². The first-order valence-corrected chi connectivity index (χ1v) is 5.50. The van der Waals surface area contributed by atoms with Crippen molar-refractivity contribution in [2.24, 2.45) is 0 Å². The molecule has 0 saturated carbocycles. The average molecular weight is 228 g/mol. The van der Waals surface area contributed by atoms with E-state index in [0.29, 0.717) is 0 Å². The van der Waals surface area contributed by atoms with Gasteiger partial charge < -0.3 is 0 Å². The smallest absolute Gasteiger partial charge is 0.0299 e. The zero-order chi connectivity index (χ0) is 8.65. The molecule has 1 rings (SSSR count). The fraction of sp³-hybridized carbons (Fsp3) is 0.500. The molecule has 0 aliphatic heterocycles. The summed E-state index contributed by atoms with van der Waals surface area (Å²) in [6, 6.07) is 4.14. The van der Waals surface area contributed by atoms with Gasteiger partial charge in [0.05, 0.1) is 0 Å². The van der Waals surface area contributed by atoms with Crippen molar-refractivity contribution in [2.75, 3.05) is 5.33 Å². The monoisotopic (exact) mass is 227 g/mol. The molecule has 0 amide bonds. The molecule has 0 aliphatic rings. The zero-order valence-electron chi connectivity index (χ0n) is 7.17. The van der Waals surface area contributed by atoms with E-state index in [4.69, 9.17) is 0 Å². The third kappa shape index (κ3) is 3.86. The lowest BCUT2D eigenvalue weighted by Crippen LogP contribution is -1.86. The van der Waals surface area contributed by atoms with Crippen molar-refractivity contribution >= 4 is 15.9 Å². The maximum atomic E-state index is 4.07. The lowest BCUT2D eigenvalue weighted by atomic mass is 10.1. The predicted octanol–water partition coefficient (Wildman–Crippen LogP) is 3.19. The van der Waals surface area contributed by atoms with E-state index in [-0.39, 0.29) is 0 Å². The highest BCUT2D eigenvalue weighted by molar-refractivity contribution is 9.09. The molecule has 0 N–H and O–H groups in total. The Morgan fingerprint density at radius 2 is 2.17 bits per heavy atom. The lowest BCUT2D eigenvalue weighted by Gasteiger charge is -1.98. The van der Waals surface area contributed by atoms with Crippen LogP contribution in [0, 0.1) is 0 Å². The Morgan fingerprint density at radius 1 is 1.25 bits per heavy atom. The van der Waals surface area contributed by atoms with Gasteiger partial charge in [-0.15, -0.1) is 0 Å². The van der Waals surface area contributed by atoms with Crippen molar-refractivity contribution in [3.05, 3.63) is 30.1 Å². The third-order valence-electron chi connectivity index (χ3n) is 1.82. The Labute approximate surface area is 82.3 Å². The second kappa shape index (κ2) is 6.18. The minimum atomic E-state index is 1.13. The zero-order valence-corrected chi connectivity index (χ0v) is 8.76. The van der Waals surface area contributed by atoms with E-state index in [1.54, 1.807) is 0 Å². The molecule has 0 bridgehead atoms. The number of hydrogen-bond donors (Lipinski definition) is 0. The van der Waals surface area contributed by atoms with Crippen molar-refractivity contribution in [3.63, 3.8) is 0 Å². The topological polar surface area (TPSA) is 12.9 Å². The number of pyridine rings is 1. The predicted molar refractivity (Wildman–Crippen MR) is 55.6 cm³/mol. The van der Waals surface area contributed by atoms with Gasteiger partial charge in [0.2, 0.25) is 0 Å². The molecular weight excluding hydrogens is 214 g/mol. The lowest BCUT2D eigenvalue weighted by molar-refractivity contribution is 0.723. The first kappa shape index (κ1) is 9.72.